The van der Waals surface area contributed by atoms with E-state index in [0.29, 0.717) is 12.1 Å². The minimum atomic E-state index is -0.117. The zero-order valence-electron chi connectivity index (χ0n) is 13.9. The van der Waals surface area contributed by atoms with Gasteiger partial charge in [0.15, 0.2) is 0 Å². The maximum absolute atomic E-state index is 12.5. The number of carbonyl (C=O) groups is 1. The van der Waals surface area contributed by atoms with Crippen LogP contribution < -0.4 is 5.32 Å². The molecule has 3 rings (SSSR count). The van der Waals surface area contributed by atoms with Crippen molar-refractivity contribution >= 4 is 5.91 Å². The zero-order chi connectivity index (χ0) is 16.9. The standard InChI is InChI=1S/C19H20N4O/c1-3-18-17(19(24)21-12-15-5-4-10-20-11-15)13-22-23(18)16-8-6-14(2)7-9-16/h4-11,13H,3,12H2,1-2H3,(H,21,24). The normalized spacial score (nSPS) is 10.6. The van der Waals surface area contributed by atoms with Crippen molar-refractivity contribution in [2.24, 2.45) is 0 Å². The molecule has 1 aromatic carbocycles. The van der Waals surface area contributed by atoms with Gasteiger partial charge in [0.2, 0.25) is 0 Å². The van der Waals surface area contributed by atoms with E-state index in [1.165, 1.54) is 5.56 Å². The Balaban J connectivity index is 1.81. The third-order valence-electron chi connectivity index (χ3n) is 3.90. The topological polar surface area (TPSA) is 59.8 Å². The van der Waals surface area contributed by atoms with E-state index in [1.807, 2.05) is 54.9 Å². The molecule has 122 valence electrons. The van der Waals surface area contributed by atoms with Gasteiger partial charge in [0, 0.05) is 18.9 Å². The molecule has 0 saturated heterocycles. The van der Waals surface area contributed by atoms with Crippen LogP contribution >= 0.6 is 0 Å². The first-order chi connectivity index (χ1) is 11.7. The Hall–Kier alpha value is -2.95. The van der Waals surface area contributed by atoms with Gasteiger partial charge in [-0.3, -0.25) is 9.78 Å². The van der Waals surface area contributed by atoms with Crippen LogP contribution in [0.1, 0.15) is 34.1 Å². The number of nitrogens with one attached hydrogen (secondary N) is 1. The largest absolute Gasteiger partial charge is 0.348 e. The Morgan fingerprint density at radius 1 is 1.17 bits per heavy atom. The monoisotopic (exact) mass is 320 g/mol. The molecule has 1 amide bonds. The summed E-state index contributed by atoms with van der Waals surface area (Å²) < 4.78 is 1.83. The number of hydrogen-bond donors (Lipinski definition) is 1. The molecule has 0 aliphatic rings. The number of benzene rings is 1. The van der Waals surface area contributed by atoms with Crippen LogP contribution in [-0.4, -0.2) is 20.7 Å². The van der Waals surface area contributed by atoms with Crippen molar-refractivity contribution in [1.29, 1.82) is 0 Å². The number of rotatable bonds is 5. The van der Waals surface area contributed by atoms with Crippen molar-refractivity contribution in [1.82, 2.24) is 20.1 Å². The number of amides is 1. The van der Waals surface area contributed by atoms with E-state index in [4.69, 9.17) is 0 Å². The van der Waals surface area contributed by atoms with Crippen LogP contribution in [0.25, 0.3) is 5.69 Å². The van der Waals surface area contributed by atoms with Crippen molar-refractivity contribution in [2.75, 3.05) is 0 Å². The summed E-state index contributed by atoms with van der Waals surface area (Å²) >= 11 is 0. The Kier molecular flexibility index (Phi) is 4.70. The summed E-state index contributed by atoms with van der Waals surface area (Å²) in [7, 11) is 0. The van der Waals surface area contributed by atoms with E-state index < -0.39 is 0 Å². The molecule has 2 aromatic heterocycles. The van der Waals surface area contributed by atoms with E-state index in [1.54, 1.807) is 18.6 Å². The summed E-state index contributed by atoms with van der Waals surface area (Å²) in [4.78, 5) is 16.6. The second-order valence-electron chi connectivity index (χ2n) is 5.65. The average Bonchev–Trinajstić information content (AvgIpc) is 3.05. The second-order valence-corrected chi connectivity index (χ2v) is 5.65. The van der Waals surface area contributed by atoms with Gasteiger partial charge in [-0.2, -0.15) is 5.10 Å². The first-order valence-electron chi connectivity index (χ1n) is 8.00. The van der Waals surface area contributed by atoms with Gasteiger partial charge in [-0.1, -0.05) is 30.7 Å². The fourth-order valence-electron chi connectivity index (χ4n) is 2.59. The van der Waals surface area contributed by atoms with Gasteiger partial charge in [-0.15, -0.1) is 0 Å². The summed E-state index contributed by atoms with van der Waals surface area (Å²) in [6, 6.07) is 11.9. The molecule has 24 heavy (non-hydrogen) atoms. The van der Waals surface area contributed by atoms with Gasteiger partial charge >= 0.3 is 0 Å². The van der Waals surface area contributed by atoms with Crippen LogP contribution in [0.5, 0.6) is 0 Å². The lowest BCUT2D eigenvalue weighted by Crippen LogP contribution is -2.23. The smallest absolute Gasteiger partial charge is 0.255 e. The molecule has 1 N–H and O–H groups in total. The lowest BCUT2D eigenvalue weighted by atomic mass is 10.1. The summed E-state index contributed by atoms with van der Waals surface area (Å²) in [5.41, 5.74) is 4.64. The van der Waals surface area contributed by atoms with Gasteiger partial charge in [-0.05, 0) is 37.1 Å². The second kappa shape index (κ2) is 7.08. The summed E-state index contributed by atoms with van der Waals surface area (Å²) in [6.07, 6.45) is 5.82. The molecule has 0 aliphatic carbocycles. The maximum Gasteiger partial charge on any atom is 0.255 e. The SMILES string of the molecule is CCc1c(C(=O)NCc2cccnc2)cnn1-c1ccc(C)cc1. The molecule has 0 radical (unpaired) electrons. The number of aromatic nitrogens is 3. The Bertz CT molecular complexity index is 822. The highest BCUT2D eigenvalue weighted by Crippen LogP contribution is 2.16. The zero-order valence-corrected chi connectivity index (χ0v) is 13.9. The molecule has 0 atom stereocenters. The molecule has 0 aliphatic heterocycles. The van der Waals surface area contributed by atoms with Crippen LogP contribution in [-0.2, 0) is 13.0 Å². The molecule has 0 saturated carbocycles. The average molecular weight is 320 g/mol. The highest BCUT2D eigenvalue weighted by Gasteiger charge is 2.16. The lowest BCUT2D eigenvalue weighted by Gasteiger charge is -2.09. The van der Waals surface area contributed by atoms with Crippen molar-refractivity contribution in [3.8, 4) is 5.69 Å². The molecular formula is C19H20N4O. The van der Waals surface area contributed by atoms with Crippen LogP contribution in [0.2, 0.25) is 0 Å². The van der Waals surface area contributed by atoms with E-state index >= 15 is 0 Å². The van der Waals surface area contributed by atoms with Crippen molar-refractivity contribution in [3.63, 3.8) is 0 Å². The van der Waals surface area contributed by atoms with E-state index in [-0.39, 0.29) is 5.91 Å². The third-order valence-corrected chi connectivity index (χ3v) is 3.90. The first-order valence-corrected chi connectivity index (χ1v) is 8.00. The summed E-state index contributed by atoms with van der Waals surface area (Å²) in [6.45, 7) is 4.52. The minimum Gasteiger partial charge on any atom is -0.348 e. The van der Waals surface area contributed by atoms with Gasteiger partial charge < -0.3 is 5.32 Å². The number of pyridine rings is 1. The molecule has 5 nitrogen and oxygen atoms in total. The lowest BCUT2D eigenvalue weighted by molar-refractivity contribution is 0.0950. The minimum absolute atomic E-state index is 0.117. The molecule has 2 heterocycles. The van der Waals surface area contributed by atoms with Crippen LogP contribution in [0.3, 0.4) is 0 Å². The molecule has 3 aromatic rings. The predicted octanol–water partition coefficient (Wildman–Crippen LogP) is 3.07. The highest BCUT2D eigenvalue weighted by atomic mass is 16.1. The number of aryl methyl sites for hydroxylation is 1. The third kappa shape index (κ3) is 3.35. The quantitative estimate of drug-likeness (QED) is 0.786. The first kappa shape index (κ1) is 15.9. The van der Waals surface area contributed by atoms with Gasteiger partial charge in [0.25, 0.3) is 5.91 Å². The molecular weight excluding hydrogens is 300 g/mol. The molecule has 0 spiro atoms. The van der Waals surface area contributed by atoms with Gasteiger partial charge in [-0.25, -0.2) is 4.68 Å². The highest BCUT2D eigenvalue weighted by molar-refractivity contribution is 5.95. The van der Waals surface area contributed by atoms with Crippen LogP contribution in [0.15, 0.2) is 55.0 Å². The maximum atomic E-state index is 12.5. The van der Waals surface area contributed by atoms with E-state index in [0.717, 1.165) is 23.4 Å². The summed E-state index contributed by atoms with van der Waals surface area (Å²) in [5, 5.41) is 7.34. The molecule has 0 fully saturated rings. The molecule has 0 unspecified atom stereocenters. The van der Waals surface area contributed by atoms with Gasteiger partial charge in [0.1, 0.15) is 0 Å². The van der Waals surface area contributed by atoms with Crippen LogP contribution in [0, 0.1) is 6.92 Å². The molecule has 5 heteroatoms. The molecule has 0 bridgehead atoms. The summed E-state index contributed by atoms with van der Waals surface area (Å²) in [5.74, 6) is -0.117. The number of hydrogen-bond acceptors (Lipinski definition) is 3. The Labute approximate surface area is 141 Å². The van der Waals surface area contributed by atoms with E-state index in [2.05, 4.69) is 15.4 Å². The number of carbonyl (C=O) groups excluding carboxylic acids is 1. The van der Waals surface area contributed by atoms with Crippen LogP contribution in [0.4, 0.5) is 0 Å². The predicted molar refractivity (Wildman–Crippen MR) is 93.1 cm³/mol. The van der Waals surface area contributed by atoms with E-state index in [9.17, 15) is 4.79 Å². The fraction of sp³-hybridized carbons (Fsp3) is 0.211. The Morgan fingerprint density at radius 3 is 2.62 bits per heavy atom. The van der Waals surface area contributed by atoms with Crippen molar-refractivity contribution in [3.05, 3.63) is 77.4 Å². The fourth-order valence-corrected chi connectivity index (χ4v) is 2.59. The van der Waals surface area contributed by atoms with Crippen molar-refractivity contribution < 1.29 is 4.79 Å². The van der Waals surface area contributed by atoms with Crippen molar-refractivity contribution in [2.45, 2.75) is 26.8 Å². The van der Waals surface area contributed by atoms with Gasteiger partial charge in [0.05, 0.1) is 23.1 Å². The Morgan fingerprint density at radius 2 is 1.96 bits per heavy atom. The number of nitrogens with zero attached hydrogens (tertiary/aromatic N) is 3.